The maximum atomic E-state index is 11.3. The number of aromatic nitrogens is 2. The fourth-order valence-corrected chi connectivity index (χ4v) is 2.16. The molecular weight excluding hydrogens is 254 g/mol. The van der Waals surface area contributed by atoms with Crippen LogP contribution >= 0.6 is 0 Å². The third-order valence-corrected chi connectivity index (χ3v) is 2.96. The maximum Gasteiger partial charge on any atom is 0.339 e. The number of aromatic carboxylic acids is 1. The van der Waals surface area contributed by atoms with Crippen LogP contribution in [0.4, 0.5) is 0 Å². The van der Waals surface area contributed by atoms with Crippen LogP contribution < -0.4 is 0 Å². The number of hydrogen-bond acceptors (Lipinski definition) is 3. The van der Waals surface area contributed by atoms with Crippen molar-refractivity contribution in [3.8, 4) is 11.8 Å². The molecule has 1 aromatic carbocycles. The Balaban J connectivity index is 2.77. The van der Waals surface area contributed by atoms with Crippen molar-refractivity contribution in [1.29, 1.82) is 5.26 Å². The molecule has 0 saturated carbocycles. The third-order valence-electron chi connectivity index (χ3n) is 2.96. The molecule has 0 aliphatic heterocycles. The molecule has 5 nitrogen and oxygen atoms in total. The van der Waals surface area contributed by atoms with E-state index < -0.39 is 11.4 Å². The van der Waals surface area contributed by atoms with Crippen LogP contribution in [0.3, 0.4) is 0 Å². The Morgan fingerprint density at radius 2 is 2.00 bits per heavy atom. The van der Waals surface area contributed by atoms with Crippen LogP contribution in [0.15, 0.2) is 30.5 Å². The lowest BCUT2D eigenvalue weighted by molar-refractivity contribution is 0.0694. The first kappa shape index (κ1) is 13.8. The molecular formula is C15H15N3O2. The summed E-state index contributed by atoms with van der Waals surface area (Å²) < 4.78 is 1.54. The van der Waals surface area contributed by atoms with Crippen molar-refractivity contribution in [3.63, 3.8) is 0 Å². The summed E-state index contributed by atoms with van der Waals surface area (Å²) >= 11 is 0. The molecule has 0 aliphatic rings. The van der Waals surface area contributed by atoms with Gasteiger partial charge in [-0.05, 0) is 12.1 Å². The number of nitrogens with zero attached hydrogens (tertiary/aromatic N) is 3. The second-order valence-electron chi connectivity index (χ2n) is 5.50. The molecule has 2 rings (SSSR count). The molecule has 2 aromatic rings. The molecule has 0 amide bonds. The van der Waals surface area contributed by atoms with Crippen molar-refractivity contribution in [3.05, 3.63) is 47.3 Å². The van der Waals surface area contributed by atoms with Gasteiger partial charge >= 0.3 is 5.97 Å². The zero-order chi connectivity index (χ0) is 14.9. The molecule has 0 atom stereocenters. The Kier molecular flexibility index (Phi) is 3.33. The van der Waals surface area contributed by atoms with E-state index in [4.69, 9.17) is 0 Å². The minimum absolute atomic E-state index is 0.158. The Hall–Kier alpha value is -2.61. The van der Waals surface area contributed by atoms with Gasteiger partial charge in [-0.25, -0.2) is 9.48 Å². The highest BCUT2D eigenvalue weighted by Gasteiger charge is 2.28. The molecule has 20 heavy (non-hydrogen) atoms. The van der Waals surface area contributed by atoms with Gasteiger partial charge in [0, 0.05) is 5.41 Å². The van der Waals surface area contributed by atoms with Gasteiger partial charge in [-0.2, -0.15) is 10.4 Å². The standard InChI is InChI=1S/C15H15N3O2/c1-15(2,3)13-11(14(19)20)9-17-18(13)12-7-5-4-6-10(12)8-16/h4-7,9H,1-3H3,(H,19,20). The average Bonchev–Trinajstić information content (AvgIpc) is 2.83. The summed E-state index contributed by atoms with van der Waals surface area (Å²) in [6.07, 6.45) is 1.33. The molecule has 1 aromatic heterocycles. The Labute approximate surface area is 117 Å². The number of hydrogen-bond donors (Lipinski definition) is 1. The van der Waals surface area contributed by atoms with Gasteiger partial charge in [-0.1, -0.05) is 32.9 Å². The molecule has 0 fully saturated rings. The quantitative estimate of drug-likeness (QED) is 0.909. The molecule has 0 saturated heterocycles. The van der Waals surface area contributed by atoms with Crippen molar-refractivity contribution < 1.29 is 9.90 Å². The summed E-state index contributed by atoms with van der Waals surface area (Å²) in [7, 11) is 0. The summed E-state index contributed by atoms with van der Waals surface area (Å²) in [5.41, 5.74) is 1.37. The van der Waals surface area contributed by atoms with Gasteiger partial charge in [0.25, 0.3) is 0 Å². The summed E-state index contributed by atoms with van der Waals surface area (Å²) in [4.78, 5) is 11.3. The normalized spacial score (nSPS) is 11.1. The van der Waals surface area contributed by atoms with Crippen molar-refractivity contribution in [2.45, 2.75) is 26.2 Å². The molecule has 1 heterocycles. The summed E-state index contributed by atoms with van der Waals surface area (Å²) in [6, 6.07) is 9.10. The first-order valence-corrected chi connectivity index (χ1v) is 6.17. The molecule has 0 radical (unpaired) electrons. The summed E-state index contributed by atoms with van der Waals surface area (Å²) in [5.74, 6) is -1.02. The third kappa shape index (κ3) is 2.28. The van der Waals surface area contributed by atoms with Crippen LogP contribution in [0, 0.1) is 11.3 Å². The molecule has 0 unspecified atom stereocenters. The lowest BCUT2D eigenvalue weighted by Crippen LogP contribution is -2.21. The first-order valence-electron chi connectivity index (χ1n) is 6.17. The fourth-order valence-electron chi connectivity index (χ4n) is 2.16. The predicted molar refractivity (Wildman–Crippen MR) is 73.9 cm³/mol. The second-order valence-corrected chi connectivity index (χ2v) is 5.50. The zero-order valence-corrected chi connectivity index (χ0v) is 11.6. The number of carboxylic acids is 1. The van der Waals surface area contributed by atoms with Crippen LogP contribution in [0.2, 0.25) is 0 Å². The van der Waals surface area contributed by atoms with Gasteiger partial charge in [-0.15, -0.1) is 0 Å². The Morgan fingerprint density at radius 3 is 2.55 bits per heavy atom. The van der Waals surface area contributed by atoms with Crippen LogP contribution in [-0.4, -0.2) is 20.9 Å². The van der Waals surface area contributed by atoms with Crippen molar-refractivity contribution in [2.75, 3.05) is 0 Å². The van der Waals surface area contributed by atoms with Gasteiger partial charge in [0.05, 0.1) is 23.1 Å². The summed E-state index contributed by atoms with van der Waals surface area (Å²) in [6.45, 7) is 5.76. The van der Waals surface area contributed by atoms with Gasteiger partial charge in [0.1, 0.15) is 11.6 Å². The van der Waals surface area contributed by atoms with Crippen molar-refractivity contribution >= 4 is 5.97 Å². The number of nitriles is 1. The minimum atomic E-state index is -1.02. The van der Waals surface area contributed by atoms with E-state index in [1.165, 1.54) is 6.20 Å². The van der Waals surface area contributed by atoms with E-state index in [2.05, 4.69) is 11.2 Å². The molecule has 0 aliphatic carbocycles. The highest BCUT2D eigenvalue weighted by Crippen LogP contribution is 2.29. The predicted octanol–water partition coefficient (Wildman–Crippen LogP) is 2.74. The van der Waals surface area contributed by atoms with E-state index in [1.54, 1.807) is 28.9 Å². The highest BCUT2D eigenvalue weighted by molar-refractivity contribution is 5.89. The monoisotopic (exact) mass is 269 g/mol. The van der Waals surface area contributed by atoms with Gasteiger partial charge in [-0.3, -0.25) is 0 Å². The SMILES string of the molecule is CC(C)(C)c1c(C(=O)O)cnn1-c1ccccc1C#N. The Bertz CT molecular complexity index is 703. The van der Waals surface area contributed by atoms with Crippen molar-refractivity contribution in [1.82, 2.24) is 9.78 Å². The Morgan fingerprint density at radius 1 is 1.35 bits per heavy atom. The highest BCUT2D eigenvalue weighted by atomic mass is 16.4. The van der Waals surface area contributed by atoms with E-state index >= 15 is 0 Å². The fraction of sp³-hybridized carbons (Fsp3) is 0.267. The lowest BCUT2D eigenvalue weighted by atomic mass is 9.89. The van der Waals surface area contributed by atoms with E-state index in [1.807, 2.05) is 20.8 Å². The molecule has 0 bridgehead atoms. The first-order chi connectivity index (χ1) is 9.36. The zero-order valence-electron chi connectivity index (χ0n) is 11.6. The van der Waals surface area contributed by atoms with Crippen LogP contribution in [0.1, 0.15) is 42.4 Å². The largest absolute Gasteiger partial charge is 0.478 e. The smallest absolute Gasteiger partial charge is 0.339 e. The number of rotatable bonds is 2. The van der Waals surface area contributed by atoms with Gasteiger partial charge in [0.15, 0.2) is 0 Å². The molecule has 1 N–H and O–H groups in total. The van der Waals surface area contributed by atoms with E-state index in [0.29, 0.717) is 16.9 Å². The maximum absolute atomic E-state index is 11.3. The number of carboxylic acid groups (broad SMARTS) is 1. The molecule has 0 spiro atoms. The van der Waals surface area contributed by atoms with Gasteiger partial charge < -0.3 is 5.11 Å². The molecule has 5 heteroatoms. The average molecular weight is 269 g/mol. The lowest BCUT2D eigenvalue weighted by Gasteiger charge is -2.22. The van der Waals surface area contributed by atoms with E-state index in [9.17, 15) is 15.2 Å². The van der Waals surface area contributed by atoms with Crippen LogP contribution in [0.5, 0.6) is 0 Å². The van der Waals surface area contributed by atoms with E-state index in [0.717, 1.165) is 0 Å². The summed E-state index contributed by atoms with van der Waals surface area (Å²) in [5, 5.41) is 22.6. The minimum Gasteiger partial charge on any atom is -0.478 e. The number of carbonyl (C=O) groups is 1. The number of para-hydroxylation sites is 1. The van der Waals surface area contributed by atoms with Gasteiger partial charge in [0.2, 0.25) is 0 Å². The molecule has 102 valence electrons. The van der Waals surface area contributed by atoms with E-state index in [-0.39, 0.29) is 5.56 Å². The second kappa shape index (κ2) is 4.82. The number of benzene rings is 1. The van der Waals surface area contributed by atoms with Crippen molar-refractivity contribution in [2.24, 2.45) is 0 Å². The van der Waals surface area contributed by atoms with Crippen LogP contribution in [-0.2, 0) is 5.41 Å². The topological polar surface area (TPSA) is 78.9 Å². The van der Waals surface area contributed by atoms with Crippen LogP contribution in [0.25, 0.3) is 5.69 Å².